The molecular formula is C23H36N2O3. The molecule has 0 saturated heterocycles. The summed E-state index contributed by atoms with van der Waals surface area (Å²) < 4.78 is 11.8. The lowest BCUT2D eigenvalue weighted by molar-refractivity contribution is -0.131. The van der Waals surface area contributed by atoms with Gasteiger partial charge in [-0.2, -0.15) is 0 Å². The van der Waals surface area contributed by atoms with Crippen LogP contribution in [0.15, 0.2) is 16.7 Å². The SMILES string of the molecule is CCCc1c(OCCCC(=O)N(CC)CC)ccc2c(CC(C)(C)C)noc12. The highest BCUT2D eigenvalue weighted by molar-refractivity contribution is 5.84. The van der Waals surface area contributed by atoms with E-state index in [1.807, 2.05) is 24.8 Å². The van der Waals surface area contributed by atoms with Gasteiger partial charge in [-0.25, -0.2) is 0 Å². The number of amides is 1. The molecule has 2 aromatic rings. The van der Waals surface area contributed by atoms with Gasteiger partial charge in [0.05, 0.1) is 12.3 Å². The molecule has 0 saturated carbocycles. The van der Waals surface area contributed by atoms with Gasteiger partial charge in [0.1, 0.15) is 5.75 Å². The second-order valence-electron chi connectivity index (χ2n) is 8.55. The number of rotatable bonds is 10. The quantitative estimate of drug-likeness (QED) is 0.512. The zero-order chi connectivity index (χ0) is 20.7. The summed E-state index contributed by atoms with van der Waals surface area (Å²) in [5.41, 5.74) is 3.10. The van der Waals surface area contributed by atoms with Crippen LogP contribution in [-0.4, -0.2) is 35.7 Å². The Hall–Kier alpha value is -2.04. The molecule has 2 rings (SSSR count). The number of aromatic nitrogens is 1. The standard InChI is InChI=1S/C23H36N2O3/c1-7-11-18-20(27-15-10-12-21(26)25(8-2)9-3)14-13-17-19(16-23(4,5)6)24-28-22(17)18/h13-14H,7-12,15-16H2,1-6H3. The van der Waals surface area contributed by atoms with Crippen molar-refractivity contribution in [2.75, 3.05) is 19.7 Å². The van der Waals surface area contributed by atoms with Gasteiger partial charge in [0.15, 0.2) is 5.58 Å². The number of hydrogen-bond acceptors (Lipinski definition) is 4. The Kier molecular flexibility index (Phi) is 7.90. The number of benzene rings is 1. The molecule has 28 heavy (non-hydrogen) atoms. The molecule has 0 bridgehead atoms. The molecule has 1 heterocycles. The largest absolute Gasteiger partial charge is 0.493 e. The minimum absolute atomic E-state index is 0.154. The van der Waals surface area contributed by atoms with Gasteiger partial charge < -0.3 is 14.2 Å². The van der Waals surface area contributed by atoms with Crippen LogP contribution in [0.4, 0.5) is 0 Å². The Balaban J connectivity index is 2.10. The highest BCUT2D eigenvalue weighted by Gasteiger charge is 2.20. The van der Waals surface area contributed by atoms with Gasteiger partial charge in [-0.3, -0.25) is 4.79 Å². The smallest absolute Gasteiger partial charge is 0.222 e. The molecule has 0 atom stereocenters. The van der Waals surface area contributed by atoms with Crippen molar-refractivity contribution in [3.05, 3.63) is 23.4 Å². The Morgan fingerprint density at radius 3 is 2.50 bits per heavy atom. The molecule has 156 valence electrons. The van der Waals surface area contributed by atoms with Gasteiger partial charge in [0, 0.05) is 30.5 Å². The molecule has 0 aliphatic heterocycles. The maximum Gasteiger partial charge on any atom is 0.222 e. The molecule has 1 aromatic heterocycles. The summed E-state index contributed by atoms with van der Waals surface area (Å²) in [6.07, 6.45) is 4.00. The van der Waals surface area contributed by atoms with Gasteiger partial charge in [0.25, 0.3) is 0 Å². The molecule has 0 N–H and O–H groups in total. The van der Waals surface area contributed by atoms with E-state index >= 15 is 0 Å². The van der Waals surface area contributed by atoms with Gasteiger partial charge in [-0.05, 0) is 50.7 Å². The van der Waals surface area contributed by atoms with Gasteiger partial charge >= 0.3 is 0 Å². The minimum Gasteiger partial charge on any atom is -0.493 e. The number of fused-ring (bicyclic) bond motifs is 1. The summed E-state index contributed by atoms with van der Waals surface area (Å²) in [6, 6.07) is 4.09. The molecule has 5 nitrogen and oxygen atoms in total. The first-order valence-corrected chi connectivity index (χ1v) is 10.6. The van der Waals surface area contributed by atoms with Crippen LogP contribution >= 0.6 is 0 Å². The fourth-order valence-electron chi connectivity index (χ4n) is 3.48. The summed E-state index contributed by atoms with van der Waals surface area (Å²) in [6.45, 7) is 14.8. The van der Waals surface area contributed by atoms with Gasteiger partial charge in [-0.15, -0.1) is 0 Å². The van der Waals surface area contributed by atoms with Crippen LogP contribution in [0.25, 0.3) is 11.0 Å². The van der Waals surface area contributed by atoms with E-state index < -0.39 is 0 Å². The highest BCUT2D eigenvalue weighted by atomic mass is 16.5. The van der Waals surface area contributed by atoms with Crippen LogP contribution in [0.1, 0.15) is 72.1 Å². The van der Waals surface area contributed by atoms with Crippen LogP contribution < -0.4 is 4.74 Å². The van der Waals surface area contributed by atoms with Crippen LogP contribution in [-0.2, 0) is 17.6 Å². The fourth-order valence-corrected chi connectivity index (χ4v) is 3.48. The van der Waals surface area contributed by atoms with Crippen molar-refractivity contribution in [2.45, 2.75) is 73.6 Å². The predicted molar refractivity (Wildman–Crippen MR) is 114 cm³/mol. The molecule has 5 heteroatoms. The molecule has 0 unspecified atom stereocenters. The van der Waals surface area contributed by atoms with Gasteiger partial charge in [-0.1, -0.05) is 39.3 Å². The third-order valence-electron chi connectivity index (χ3n) is 4.88. The summed E-state index contributed by atoms with van der Waals surface area (Å²) in [5, 5.41) is 5.43. The summed E-state index contributed by atoms with van der Waals surface area (Å²) in [5.74, 6) is 1.04. The molecule has 0 aliphatic rings. The molecule has 0 spiro atoms. The highest BCUT2D eigenvalue weighted by Crippen LogP contribution is 2.33. The minimum atomic E-state index is 0.154. The maximum absolute atomic E-state index is 12.1. The van der Waals surface area contributed by atoms with Crippen LogP contribution in [0, 0.1) is 5.41 Å². The van der Waals surface area contributed by atoms with E-state index in [9.17, 15) is 4.79 Å². The zero-order valence-corrected chi connectivity index (χ0v) is 18.4. The van der Waals surface area contributed by atoms with Crippen molar-refractivity contribution < 1.29 is 14.1 Å². The lowest BCUT2D eigenvalue weighted by atomic mass is 9.89. The van der Waals surface area contributed by atoms with Crippen molar-refractivity contribution in [3.63, 3.8) is 0 Å². The first-order chi connectivity index (χ1) is 13.3. The van der Waals surface area contributed by atoms with E-state index in [0.29, 0.717) is 19.4 Å². The monoisotopic (exact) mass is 388 g/mol. The van der Waals surface area contributed by atoms with Crippen molar-refractivity contribution in [2.24, 2.45) is 5.41 Å². The van der Waals surface area contributed by atoms with E-state index in [2.05, 4.69) is 38.9 Å². The topological polar surface area (TPSA) is 55.6 Å². The van der Waals surface area contributed by atoms with E-state index in [-0.39, 0.29) is 11.3 Å². The van der Waals surface area contributed by atoms with E-state index in [0.717, 1.165) is 60.3 Å². The van der Waals surface area contributed by atoms with Crippen molar-refractivity contribution in [1.82, 2.24) is 10.1 Å². The number of aryl methyl sites for hydroxylation is 1. The van der Waals surface area contributed by atoms with Crippen molar-refractivity contribution in [1.29, 1.82) is 0 Å². The Morgan fingerprint density at radius 1 is 1.18 bits per heavy atom. The van der Waals surface area contributed by atoms with Crippen LogP contribution in [0.3, 0.4) is 0 Å². The Morgan fingerprint density at radius 2 is 1.89 bits per heavy atom. The predicted octanol–water partition coefficient (Wildman–Crippen LogP) is 5.40. The molecular weight excluding hydrogens is 352 g/mol. The van der Waals surface area contributed by atoms with Crippen molar-refractivity contribution in [3.8, 4) is 5.75 Å². The Labute approximate surface area is 169 Å². The lowest BCUT2D eigenvalue weighted by Gasteiger charge is -2.18. The van der Waals surface area contributed by atoms with E-state index in [1.54, 1.807) is 0 Å². The molecule has 0 fully saturated rings. The number of ether oxygens (including phenoxy) is 1. The van der Waals surface area contributed by atoms with E-state index in [4.69, 9.17) is 9.26 Å². The molecule has 1 aromatic carbocycles. The second kappa shape index (κ2) is 9.94. The second-order valence-corrected chi connectivity index (χ2v) is 8.55. The first-order valence-electron chi connectivity index (χ1n) is 10.6. The van der Waals surface area contributed by atoms with E-state index in [1.165, 1.54) is 0 Å². The Bertz CT molecular complexity index is 770. The first kappa shape index (κ1) is 22.3. The zero-order valence-electron chi connectivity index (χ0n) is 18.4. The van der Waals surface area contributed by atoms with Crippen LogP contribution in [0.2, 0.25) is 0 Å². The normalized spacial score (nSPS) is 11.8. The average Bonchev–Trinajstić information content (AvgIpc) is 3.02. The number of nitrogens with zero attached hydrogens (tertiary/aromatic N) is 2. The van der Waals surface area contributed by atoms with Crippen LogP contribution in [0.5, 0.6) is 5.75 Å². The summed E-state index contributed by atoms with van der Waals surface area (Å²) in [7, 11) is 0. The maximum atomic E-state index is 12.1. The summed E-state index contributed by atoms with van der Waals surface area (Å²) in [4.78, 5) is 14.0. The lowest BCUT2D eigenvalue weighted by Crippen LogP contribution is -2.30. The average molecular weight is 389 g/mol. The fraction of sp³-hybridized carbons (Fsp3) is 0.652. The molecule has 0 radical (unpaired) electrons. The molecule has 1 amide bonds. The number of carbonyl (C=O) groups is 1. The number of carbonyl (C=O) groups excluding carboxylic acids is 1. The number of hydrogen-bond donors (Lipinski definition) is 0. The molecule has 0 aliphatic carbocycles. The third kappa shape index (κ3) is 5.73. The summed E-state index contributed by atoms with van der Waals surface area (Å²) >= 11 is 0. The third-order valence-corrected chi connectivity index (χ3v) is 4.88. The van der Waals surface area contributed by atoms with Crippen molar-refractivity contribution >= 4 is 16.9 Å². The van der Waals surface area contributed by atoms with Gasteiger partial charge in [0.2, 0.25) is 5.91 Å².